The molecule has 0 aliphatic carbocycles. The number of carbonyl (C=O) groups is 2. The van der Waals surface area contributed by atoms with E-state index in [2.05, 4.69) is 9.72 Å². The molecule has 25 heavy (non-hydrogen) atoms. The molecule has 130 valence electrons. The molecule has 1 aliphatic heterocycles. The second-order valence-electron chi connectivity index (χ2n) is 5.49. The van der Waals surface area contributed by atoms with Gasteiger partial charge < -0.3 is 9.64 Å². The summed E-state index contributed by atoms with van der Waals surface area (Å²) in [5.41, 5.74) is 0.510. The predicted molar refractivity (Wildman–Crippen MR) is 85.1 cm³/mol. The molecule has 0 radical (unpaired) electrons. The summed E-state index contributed by atoms with van der Waals surface area (Å²) in [7, 11) is 1.27. The fourth-order valence-electron chi connectivity index (χ4n) is 2.61. The number of hydrogen-bond acceptors (Lipinski definition) is 4. The fraction of sp³-hybridized carbons (Fsp3) is 0.235. The Hall–Kier alpha value is -3.03. The maximum atomic E-state index is 13.8. The van der Waals surface area contributed by atoms with E-state index in [1.165, 1.54) is 41.3 Å². The van der Waals surface area contributed by atoms with Crippen LogP contribution in [0.25, 0.3) is 0 Å². The van der Waals surface area contributed by atoms with Crippen molar-refractivity contribution in [1.29, 1.82) is 0 Å². The molecule has 0 bridgehead atoms. The molecule has 1 aromatic heterocycles. The van der Waals surface area contributed by atoms with E-state index in [1.807, 2.05) is 0 Å². The van der Waals surface area contributed by atoms with Crippen LogP contribution in [0.1, 0.15) is 15.9 Å². The Morgan fingerprint density at radius 3 is 2.76 bits per heavy atom. The van der Waals surface area contributed by atoms with Gasteiger partial charge in [0.25, 0.3) is 0 Å². The maximum Gasteiger partial charge on any atom is 0.338 e. The fourth-order valence-corrected chi connectivity index (χ4v) is 2.61. The van der Waals surface area contributed by atoms with Crippen molar-refractivity contribution in [2.45, 2.75) is 6.54 Å². The quantitative estimate of drug-likeness (QED) is 0.798. The molecule has 2 aromatic rings. The Morgan fingerprint density at radius 1 is 1.24 bits per heavy atom. The summed E-state index contributed by atoms with van der Waals surface area (Å²) >= 11 is 0. The number of anilines is 1. The van der Waals surface area contributed by atoms with Crippen molar-refractivity contribution < 1.29 is 23.1 Å². The Morgan fingerprint density at radius 2 is 2.04 bits per heavy atom. The monoisotopic (exact) mass is 347 g/mol. The summed E-state index contributed by atoms with van der Waals surface area (Å²) < 4.78 is 31.4. The van der Waals surface area contributed by atoms with Gasteiger partial charge in [0.2, 0.25) is 0 Å². The topological polar surface area (TPSA) is 62.7 Å². The molecule has 8 heteroatoms. The Bertz CT molecular complexity index is 829. The summed E-state index contributed by atoms with van der Waals surface area (Å²) in [6.45, 7) is 0.733. The first-order valence-electron chi connectivity index (χ1n) is 7.54. The lowest BCUT2D eigenvalue weighted by Gasteiger charge is -2.18. The first-order valence-corrected chi connectivity index (χ1v) is 7.54. The van der Waals surface area contributed by atoms with E-state index >= 15 is 0 Å². The zero-order chi connectivity index (χ0) is 18.0. The highest BCUT2D eigenvalue weighted by molar-refractivity contribution is 5.95. The summed E-state index contributed by atoms with van der Waals surface area (Å²) in [6.07, 6.45) is 1.41. The van der Waals surface area contributed by atoms with Crippen molar-refractivity contribution in [2.75, 3.05) is 25.1 Å². The number of hydrogen-bond donors (Lipinski definition) is 0. The van der Waals surface area contributed by atoms with E-state index in [0.717, 1.165) is 12.1 Å². The summed E-state index contributed by atoms with van der Waals surface area (Å²) in [6, 6.07) is 5.84. The summed E-state index contributed by atoms with van der Waals surface area (Å²) in [4.78, 5) is 31.1. The predicted octanol–water partition coefficient (Wildman–Crippen LogP) is 2.59. The smallest absolute Gasteiger partial charge is 0.338 e. The number of aromatic nitrogens is 1. The van der Waals surface area contributed by atoms with Gasteiger partial charge in [0, 0.05) is 30.9 Å². The lowest BCUT2D eigenvalue weighted by molar-refractivity contribution is 0.0600. The Kier molecular flexibility index (Phi) is 4.60. The van der Waals surface area contributed by atoms with Crippen LogP contribution in [0.4, 0.5) is 19.4 Å². The van der Waals surface area contributed by atoms with Crippen LogP contribution in [0.15, 0.2) is 36.5 Å². The van der Waals surface area contributed by atoms with Crippen molar-refractivity contribution >= 4 is 17.8 Å². The van der Waals surface area contributed by atoms with Crippen LogP contribution in [0, 0.1) is 11.6 Å². The summed E-state index contributed by atoms with van der Waals surface area (Å²) in [5, 5.41) is 0. The molecular formula is C17H15F2N3O3. The van der Waals surface area contributed by atoms with E-state index in [0.29, 0.717) is 18.9 Å². The molecule has 0 atom stereocenters. The van der Waals surface area contributed by atoms with E-state index in [9.17, 15) is 18.4 Å². The lowest BCUT2D eigenvalue weighted by atomic mass is 10.2. The van der Waals surface area contributed by atoms with E-state index in [1.54, 1.807) is 0 Å². The average molecular weight is 347 g/mol. The molecule has 0 saturated carbocycles. The van der Waals surface area contributed by atoms with Gasteiger partial charge in [-0.15, -0.1) is 0 Å². The molecule has 2 heterocycles. The van der Waals surface area contributed by atoms with Crippen molar-refractivity contribution in [2.24, 2.45) is 0 Å². The number of halogens is 2. The zero-order valence-corrected chi connectivity index (χ0v) is 13.4. The van der Waals surface area contributed by atoms with Crippen LogP contribution >= 0.6 is 0 Å². The molecule has 0 spiro atoms. The van der Waals surface area contributed by atoms with Crippen molar-refractivity contribution in [3.05, 3.63) is 59.3 Å². The average Bonchev–Trinajstić information content (AvgIpc) is 2.97. The van der Waals surface area contributed by atoms with Crippen molar-refractivity contribution in [3.8, 4) is 0 Å². The Balaban J connectivity index is 1.77. The van der Waals surface area contributed by atoms with E-state index in [-0.39, 0.29) is 23.7 Å². The minimum atomic E-state index is -0.697. The number of amides is 2. The number of nitrogens with zero attached hydrogens (tertiary/aromatic N) is 3. The van der Waals surface area contributed by atoms with Gasteiger partial charge in [-0.2, -0.15) is 0 Å². The molecule has 6 nitrogen and oxygen atoms in total. The lowest BCUT2D eigenvalue weighted by Crippen LogP contribution is -2.32. The standard InChI is InChI=1S/C17H15F2N3O3/c1-25-16(23)11-4-5-20-15(8-11)22-7-6-21(17(22)24)10-12-2-3-13(18)9-14(12)19/h2-5,8-9H,6-7,10H2,1H3. The molecule has 1 fully saturated rings. The minimum Gasteiger partial charge on any atom is -0.465 e. The highest BCUT2D eigenvalue weighted by atomic mass is 19.1. The number of esters is 1. The maximum absolute atomic E-state index is 13.8. The van der Waals surface area contributed by atoms with Gasteiger partial charge in [-0.05, 0) is 18.2 Å². The molecule has 2 amide bonds. The molecule has 0 unspecified atom stereocenters. The SMILES string of the molecule is COC(=O)c1ccnc(N2CCN(Cc3ccc(F)cc3F)C2=O)c1. The van der Waals surface area contributed by atoms with Gasteiger partial charge >= 0.3 is 12.0 Å². The van der Waals surface area contributed by atoms with E-state index in [4.69, 9.17) is 0 Å². The van der Waals surface area contributed by atoms with Crippen LogP contribution in [-0.2, 0) is 11.3 Å². The minimum absolute atomic E-state index is 0.0259. The van der Waals surface area contributed by atoms with Crippen LogP contribution in [0.3, 0.4) is 0 Å². The van der Waals surface area contributed by atoms with Gasteiger partial charge in [-0.25, -0.2) is 23.4 Å². The van der Waals surface area contributed by atoms with Crippen molar-refractivity contribution in [1.82, 2.24) is 9.88 Å². The molecule has 1 saturated heterocycles. The van der Waals surface area contributed by atoms with Crippen molar-refractivity contribution in [3.63, 3.8) is 0 Å². The number of benzene rings is 1. The largest absolute Gasteiger partial charge is 0.465 e. The first-order chi connectivity index (χ1) is 12.0. The number of ether oxygens (including phenoxy) is 1. The molecule has 0 N–H and O–H groups in total. The number of urea groups is 1. The summed E-state index contributed by atoms with van der Waals surface area (Å²) in [5.74, 6) is -1.58. The Labute approximate surface area is 142 Å². The van der Waals surface area contributed by atoms with Crippen LogP contribution in [0.2, 0.25) is 0 Å². The van der Waals surface area contributed by atoms with Crippen LogP contribution in [0.5, 0.6) is 0 Å². The highest BCUT2D eigenvalue weighted by Gasteiger charge is 2.31. The van der Waals surface area contributed by atoms with Gasteiger partial charge in [-0.3, -0.25) is 4.90 Å². The molecular weight excluding hydrogens is 332 g/mol. The third-order valence-corrected chi connectivity index (χ3v) is 3.91. The van der Waals surface area contributed by atoms with Gasteiger partial charge in [-0.1, -0.05) is 6.07 Å². The van der Waals surface area contributed by atoms with Gasteiger partial charge in [0.15, 0.2) is 0 Å². The molecule has 1 aliphatic rings. The first kappa shape index (κ1) is 16.8. The second kappa shape index (κ2) is 6.84. The number of rotatable bonds is 4. The van der Waals surface area contributed by atoms with Gasteiger partial charge in [0.05, 0.1) is 19.2 Å². The molecule has 1 aromatic carbocycles. The van der Waals surface area contributed by atoms with E-state index < -0.39 is 17.6 Å². The third kappa shape index (κ3) is 3.42. The zero-order valence-electron chi connectivity index (χ0n) is 13.4. The van der Waals surface area contributed by atoms with Gasteiger partial charge in [0.1, 0.15) is 17.5 Å². The number of pyridine rings is 1. The van der Waals surface area contributed by atoms with Crippen LogP contribution < -0.4 is 4.90 Å². The highest BCUT2D eigenvalue weighted by Crippen LogP contribution is 2.22. The van der Waals surface area contributed by atoms with Crippen LogP contribution in [-0.4, -0.2) is 42.1 Å². The number of methoxy groups -OCH3 is 1. The second-order valence-corrected chi connectivity index (χ2v) is 5.49. The third-order valence-electron chi connectivity index (χ3n) is 3.91. The normalized spacial score (nSPS) is 14.1. The molecule has 3 rings (SSSR count). The number of carbonyl (C=O) groups excluding carboxylic acids is 2.